The van der Waals surface area contributed by atoms with Crippen molar-refractivity contribution < 1.29 is 0 Å². The Morgan fingerprint density at radius 1 is 0.183 bits per heavy atom. The number of nitrogens with zero attached hydrogens (tertiary/aromatic N) is 8. The van der Waals surface area contributed by atoms with Crippen molar-refractivity contribution in [3.63, 3.8) is 0 Å². The van der Waals surface area contributed by atoms with Crippen LogP contribution >= 0.6 is 0 Å². The summed E-state index contributed by atoms with van der Waals surface area (Å²) in [5.74, 6) is 2.81. The first-order valence-corrected chi connectivity index (χ1v) is 27.7. The molecule has 0 atom stereocenters. The number of hydrogen-bond donors (Lipinski definition) is 0. The lowest BCUT2D eigenvalue weighted by Crippen LogP contribution is -2.07. The highest BCUT2D eigenvalue weighted by Crippen LogP contribution is 2.39. The molecule has 17 rings (SSSR count). The lowest BCUT2D eigenvalue weighted by Gasteiger charge is -2.14. The highest BCUT2D eigenvalue weighted by molar-refractivity contribution is 6.12. The highest BCUT2D eigenvalue weighted by atomic mass is 15.2. The molecule has 0 bridgehead atoms. The van der Waals surface area contributed by atoms with Crippen molar-refractivity contribution in [2.24, 2.45) is 0 Å². The topological polar surface area (TPSA) is 71.3 Å². The average molecular weight is 1050 g/mol. The molecule has 17 aromatic rings. The third-order valence-corrected chi connectivity index (χ3v) is 16.4. The van der Waals surface area contributed by atoms with Crippen LogP contribution in [0.2, 0.25) is 0 Å². The van der Waals surface area contributed by atoms with Gasteiger partial charge in [0.2, 0.25) is 11.9 Å². The zero-order valence-electron chi connectivity index (χ0n) is 44.1. The van der Waals surface area contributed by atoms with E-state index in [1.54, 1.807) is 0 Å². The van der Waals surface area contributed by atoms with E-state index >= 15 is 0 Å². The molecule has 6 aromatic heterocycles. The SMILES string of the molecule is c1cc(-c2ccc(-c3cc(-n4c5ccccc5c5ccccc54)nc(-n4c5ccccc5c5ccccc54)n3)cc2)cc(-c2cccc(-c3cc(-n4c5ccccc5c5ccccc54)nc(-n4c5ccccc5c5ccccc54)n3)c2)c1. The van der Waals surface area contributed by atoms with Crippen molar-refractivity contribution >= 4 is 87.2 Å². The molecule has 82 heavy (non-hydrogen) atoms. The van der Waals surface area contributed by atoms with Gasteiger partial charge >= 0.3 is 0 Å². The predicted molar refractivity (Wildman–Crippen MR) is 337 cm³/mol. The van der Waals surface area contributed by atoms with Crippen LogP contribution < -0.4 is 0 Å². The number of benzene rings is 11. The number of rotatable bonds is 8. The van der Waals surface area contributed by atoms with Crippen LogP contribution in [0.15, 0.2) is 279 Å². The van der Waals surface area contributed by atoms with E-state index in [0.717, 1.165) is 122 Å². The van der Waals surface area contributed by atoms with Gasteiger partial charge in [0.05, 0.1) is 55.5 Å². The Morgan fingerprint density at radius 3 is 0.780 bits per heavy atom. The first-order chi connectivity index (χ1) is 40.7. The standard InChI is InChI=1S/C74H46N8/c1-9-31-63-53(23-1)54-24-2-10-32-64(54)79(63)71-45-61(75-73(77-71)81-67-35-13-5-27-57(67)58-28-6-14-36-68(58)81)48-41-39-47(40-42-48)49-19-17-20-50(43-49)51-21-18-22-52(44-51)62-46-72(80-65-33-11-3-25-55(65)56-26-4-12-34-66(56)80)78-74(76-62)82-69-37-15-7-29-59(69)60-30-8-16-38-70(60)82/h1-46H. The van der Waals surface area contributed by atoms with Crippen LogP contribution in [0.25, 0.3) is 156 Å². The van der Waals surface area contributed by atoms with E-state index in [2.05, 4.69) is 297 Å². The maximum absolute atomic E-state index is 5.48. The lowest BCUT2D eigenvalue weighted by molar-refractivity contribution is 0.951. The van der Waals surface area contributed by atoms with E-state index in [1.807, 2.05) is 0 Å². The van der Waals surface area contributed by atoms with E-state index in [4.69, 9.17) is 19.9 Å². The maximum atomic E-state index is 5.48. The van der Waals surface area contributed by atoms with Gasteiger partial charge in [0.25, 0.3) is 0 Å². The van der Waals surface area contributed by atoms with Crippen molar-refractivity contribution in [3.8, 4) is 68.3 Å². The van der Waals surface area contributed by atoms with Gasteiger partial charge in [0.1, 0.15) is 11.6 Å². The maximum Gasteiger partial charge on any atom is 0.237 e. The fourth-order valence-electron chi connectivity index (χ4n) is 12.8. The van der Waals surface area contributed by atoms with Gasteiger partial charge in [0, 0.05) is 66.3 Å². The minimum atomic E-state index is 0.607. The molecule has 0 spiro atoms. The Bertz CT molecular complexity index is 4950. The van der Waals surface area contributed by atoms with Crippen LogP contribution in [0.1, 0.15) is 0 Å². The quantitative estimate of drug-likeness (QED) is 0.152. The summed E-state index contributed by atoms with van der Waals surface area (Å²) in [4.78, 5) is 21.8. The van der Waals surface area contributed by atoms with Gasteiger partial charge in [-0.1, -0.05) is 206 Å². The molecule has 0 unspecified atom stereocenters. The van der Waals surface area contributed by atoms with Gasteiger partial charge in [0.15, 0.2) is 0 Å². The van der Waals surface area contributed by atoms with E-state index in [-0.39, 0.29) is 0 Å². The first-order valence-electron chi connectivity index (χ1n) is 27.7. The monoisotopic (exact) mass is 1050 g/mol. The molecule has 8 nitrogen and oxygen atoms in total. The van der Waals surface area contributed by atoms with Crippen molar-refractivity contribution in [1.29, 1.82) is 0 Å². The van der Waals surface area contributed by atoms with E-state index in [1.165, 1.54) is 21.5 Å². The highest BCUT2D eigenvalue weighted by Gasteiger charge is 2.22. The molecular weight excluding hydrogens is 1000 g/mol. The summed E-state index contributed by atoms with van der Waals surface area (Å²) in [5, 5.41) is 9.35. The van der Waals surface area contributed by atoms with Crippen LogP contribution in [0.4, 0.5) is 0 Å². The molecule has 0 N–H and O–H groups in total. The minimum absolute atomic E-state index is 0.607. The zero-order valence-corrected chi connectivity index (χ0v) is 44.1. The van der Waals surface area contributed by atoms with E-state index in [0.29, 0.717) is 11.9 Å². The lowest BCUT2D eigenvalue weighted by atomic mass is 9.96. The summed E-state index contributed by atoms with van der Waals surface area (Å²) in [7, 11) is 0. The third kappa shape index (κ3) is 7.11. The second-order valence-corrected chi connectivity index (χ2v) is 21.0. The van der Waals surface area contributed by atoms with Crippen LogP contribution in [-0.4, -0.2) is 38.2 Å². The molecule has 0 aliphatic carbocycles. The second-order valence-electron chi connectivity index (χ2n) is 21.0. The second kappa shape index (κ2) is 18.2. The first kappa shape index (κ1) is 45.8. The Labute approximate surface area is 470 Å². The van der Waals surface area contributed by atoms with Crippen molar-refractivity contribution in [2.75, 3.05) is 0 Å². The van der Waals surface area contributed by atoms with E-state index < -0.39 is 0 Å². The molecule has 0 radical (unpaired) electrons. The van der Waals surface area contributed by atoms with Gasteiger partial charge in [-0.25, -0.2) is 9.97 Å². The number of aromatic nitrogens is 8. The van der Waals surface area contributed by atoms with Gasteiger partial charge in [-0.3, -0.25) is 18.3 Å². The van der Waals surface area contributed by atoms with Crippen LogP contribution in [-0.2, 0) is 0 Å². The summed E-state index contributed by atoms with van der Waals surface area (Å²) in [5.41, 5.74) is 16.6. The summed E-state index contributed by atoms with van der Waals surface area (Å²) >= 11 is 0. The van der Waals surface area contributed by atoms with E-state index in [9.17, 15) is 0 Å². The normalized spacial score (nSPS) is 11.9. The molecule has 0 aliphatic heterocycles. The summed E-state index contributed by atoms with van der Waals surface area (Å²) in [6.45, 7) is 0. The Kier molecular flexibility index (Phi) is 10.1. The number of fused-ring (bicyclic) bond motifs is 12. The molecule has 0 fully saturated rings. The molecule has 0 saturated carbocycles. The smallest absolute Gasteiger partial charge is 0.237 e. The largest absolute Gasteiger partial charge is 0.294 e. The average Bonchev–Trinajstić information content (AvgIpc) is 4.49. The van der Waals surface area contributed by atoms with Crippen molar-refractivity contribution in [3.05, 3.63) is 279 Å². The number of hydrogen-bond acceptors (Lipinski definition) is 4. The zero-order chi connectivity index (χ0) is 53.8. The molecule has 0 aliphatic rings. The van der Waals surface area contributed by atoms with Crippen LogP contribution in [0, 0.1) is 0 Å². The Hall–Kier alpha value is -11.2. The van der Waals surface area contributed by atoms with Gasteiger partial charge < -0.3 is 0 Å². The fraction of sp³-hybridized carbons (Fsp3) is 0. The molecule has 382 valence electrons. The van der Waals surface area contributed by atoms with Crippen molar-refractivity contribution in [2.45, 2.75) is 0 Å². The van der Waals surface area contributed by atoms with Crippen molar-refractivity contribution in [1.82, 2.24) is 38.2 Å². The molecule has 6 heterocycles. The third-order valence-electron chi connectivity index (χ3n) is 16.4. The van der Waals surface area contributed by atoms with Gasteiger partial charge in [-0.2, -0.15) is 9.97 Å². The fourth-order valence-corrected chi connectivity index (χ4v) is 12.8. The predicted octanol–water partition coefficient (Wildman–Crippen LogP) is 18.3. The molecule has 8 heteroatoms. The Morgan fingerprint density at radius 2 is 0.439 bits per heavy atom. The summed E-state index contributed by atoms with van der Waals surface area (Å²) < 4.78 is 8.99. The molecule has 11 aromatic carbocycles. The number of para-hydroxylation sites is 8. The molecule has 0 saturated heterocycles. The summed E-state index contributed by atoms with van der Waals surface area (Å²) in [6.07, 6.45) is 0. The van der Waals surface area contributed by atoms with Gasteiger partial charge in [-0.15, -0.1) is 0 Å². The summed E-state index contributed by atoms with van der Waals surface area (Å²) in [6, 6.07) is 99.1. The minimum Gasteiger partial charge on any atom is -0.294 e. The van der Waals surface area contributed by atoms with Gasteiger partial charge in [-0.05, 0) is 82.9 Å². The van der Waals surface area contributed by atoms with Crippen LogP contribution in [0.3, 0.4) is 0 Å². The molecular formula is C74H46N8. The Balaban J connectivity index is 0.776. The molecule has 0 amide bonds. The van der Waals surface area contributed by atoms with Crippen LogP contribution in [0.5, 0.6) is 0 Å².